The first kappa shape index (κ1) is 9.61. The molecule has 0 aromatic carbocycles. The third kappa shape index (κ3) is 1.81. The van der Waals surface area contributed by atoms with Gasteiger partial charge in [0, 0.05) is 13.2 Å². The zero-order valence-corrected chi connectivity index (χ0v) is 8.43. The predicted molar refractivity (Wildman–Crippen MR) is 50.2 cm³/mol. The van der Waals surface area contributed by atoms with Crippen LogP contribution in [0.25, 0.3) is 0 Å². The van der Waals surface area contributed by atoms with Gasteiger partial charge in [-0.2, -0.15) is 0 Å². The van der Waals surface area contributed by atoms with Crippen LogP contribution in [0.2, 0.25) is 0 Å². The third-order valence-corrected chi connectivity index (χ3v) is 2.40. The van der Waals surface area contributed by atoms with Crippen LogP contribution in [-0.4, -0.2) is 20.9 Å². The number of imidazole rings is 1. The van der Waals surface area contributed by atoms with Crippen LogP contribution in [0.15, 0.2) is 11.2 Å². The molecular formula is C8H14N2OS. The van der Waals surface area contributed by atoms with Gasteiger partial charge < -0.3 is 9.67 Å². The zero-order chi connectivity index (χ0) is 9.14. The lowest BCUT2D eigenvalue weighted by molar-refractivity contribution is 0.160. The topological polar surface area (TPSA) is 38.1 Å². The summed E-state index contributed by atoms with van der Waals surface area (Å²) in [5, 5.41) is 10.5. The molecule has 0 saturated heterocycles. The molecule has 68 valence electrons. The summed E-state index contributed by atoms with van der Waals surface area (Å²) < 4.78 is 1.88. The molecule has 3 nitrogen and oxygen atoms in total. The number of hydrogen-bond donors (Lipinski definition) is 1. The summed E-state index contributed by atoms with van der Waals surface area (Å²) in [4.78, 5) is 4.27. The number of thioether (sulfide) groups is 1. The maximum absolute atomic E-state index is 9.53. The van der Waals surface area contributed by atoms with Crippen LogP contribution in [0, 0.1) is 0 Å². The summed E-state index contributed by atoms with van der Waals surface area (Å²) in [5.41, 5.74) is 0. The van der Waals surface area contributed by atoms with Gasteiger partial charge >= 0.3 is 0 Å². The van der Waals surface area contributed by atoms with E-state index >= 15 is 0 Å². The van der Waals surface area contributed by atoms with E-state index in [-0.39, 0.29) is 0 Å². The lowest BCUT2D eigenvalue weighted by Gasteiger charge is -2.05. The maximum atomic E-state index is 9.53. The van der Waals surface area contributed by atoms with Crippen molar-refractivity contribution < 1.29 is 5.11 Å². The maximum Gasteiger partial charge on any atom is 0.138 e. The van der Waals surface area contributed by atoms with Gasteiger partial charge in [-0.3, -0.25) is 0 Å². The van der Waals surface area contributed by atoms with Crippen LogP contribution in [0.4, 0.5) is 0 Å². The molecule has 0 bridgehead atoms. The molecule has 0 amide bonds. The standard InChI is InChI=1S/C8H14N2OS/c1-4-6(11)8-9-7(12-3)5-10(8)2/h5-6,11H,4H2,1-3H3. The summed E-state index contributed by atoms with van der Waals surface area (Å²) >= 11 is 1.59. The van der Waals surface area contributed by atoms with Crippen molar-refractivity contribution in [3.63, 3.8) is 0 Å². The highest BCUT2D eigenvalue weighted by atomic mass is 32.2. The molecule has 1 heterocycles. The molecule has 1 atom stereocenters. The number of aliphatic hydroxyl groups excluding tert-OH is 1. The molecule has 0 fully saturated rings. The molecule has 0 aliphatic rings. The first-order valence-corrected chi connectivity index (χ1v) is 5.16. The van der Waals surface area contributed by atoms with Crippen LogP contribution in [-0.2, 0) is 7.05 Å². The smallest absolute Gasteiger partial charge is 0.138 e. The normalized spacial score (nSPS) is 13.3. The highest BCUT2D eigenvalue weighted by Crippen LogP contribution is 2.19. The van der Waals surface area contributed by atoms with Crippen LogP contribution in [0.1, 0.15) is 25.3 Å². The molecule has 1 unspecified atom stereocenters. The zero-order valence-electron chi connectivity index (χ0n) is 7.61. The number of rotatable bonds is 3. The number of aliphatic hydroxyl groups is 1. The summed E-state index contributed by atoms with van der Waals surface area (Å²) in [6.45, 7) is 1.94. The van der Waals surface area contributed by atoms with Crippen LogP contribution in [0.3, 0.4) is 0 Å². The molecule has 0 spiro atoms. The molecule has 1 rings (SSSR count). The van der Waals surface area contributed by atoms with Gasteiger partial charge in [-0.05, 0) is 12.7 Å². The van der Waals surface area contributed by atoms with Crippen molar-refractivity contribution in [2.45, 2.75) is 24.5 Å². The Hall–Kier alpha value is -0.480. The fourth-order valence-electron chi connectivity index (χ4n) is 1.04. The number of hydrogen-bond acceptors (Lipinski definition) is 3. The van der Waals surface area contributed by atoms with Crippen molar-refractivity contribution in [2.75, 3.05) is 6.26 Å². The molecule has 0 saturated carbocycles. The van der Waals surface area contributed by atoms with Crippen LogP contribution < -0.4 is 0 Å². The van der Waals surface area contributed by atoms with Crippen molar-refractivity contribution in [1.29, 1.82) is 0 Å². The van der Waals surface area contributed by atoms with Crippen molar-refractivity contribution >= 4 is 11.8 Å². The second-order valence-corrected chi connectivity index (χ2v) is 3.50. The van der Waals surface area contributed by atoms with Gasteiger partial charge in [-0.1, -0.05) is 6.92 Å². The van der Waals surface area contributed by atoms with Gasteiger partial charge in [0.05, 0.1) is 0 Å². The number of aryl methyl sites for hydroxylation is 1. The minimum absolute atomic E-state index is 0.434. The van der Waals surface area contributed by atoms with E-state index in [2.05, 4.69) is 4.98 Å². The Kier molecular flexibility index (Phi) is 3.17. The average Bonchev–Trinajstić information content (AvgIpc) is 2.45. The van der Waals surface area contributed by atoms with E-state index < -0.39 is 6.10 Å². The first-order chi connectivity index (χ1) is 5.69. The second kappa shape index (κ2) is 3.96. The second-order valence-electron chi connectivity index (χ2n) is 2.68. The molecule has 0 radical (unpaired) electrons. The van der Waals surface area contributed by atoms with Crippen molar-refractivity contribution in [2.24, 2.45) is 7.05 Å². The molecule has 0 aliphatic heterocycles. The Morgan fingerprint density at radius 2 is 2.42 bits per heavy atom. The van der Waals surface area contributed by atoms with Crippen molar-refractivity contribution in [3.8, 4) is 0 Å². The van der Waals surface area contributed by atoms with E-state index in [1.54, 1.807) is 11.8 Å². The first-order valence-electron chi connectivity index (χ1n) is 3.94. The van der Waals surface area contributed by atoms with Crippen LogP contribution >= 0.6 is 11.8 Å². The van der Waals surface area contributed by atoms with E-state index in [9.17, 15) is 5.11 Å². The van der Waals surface area contributed by atoms with E-state index in [0.29, 0.717) is 6.42 Å². The van der Waals surface area contributed by atoms with Gasteiger partial charge in [0.1, 0.15) is 17.0 Å². The van der Waals surface area contributed by atoms with Crippen molar-refractivity contribution in [1.82, 2.24) is 9.55 Å². The predicted octanol–water partition coefficient (Wildman–Crippen LogP) is 1.59. The minimum atomic E-state index is -0.434. The van der Waals surface area contributed by atoms with Gasteiger partial charge in [-0.25, -0.2) is 4.98 Å². The average molecular weight is 186 g/mol. The van der Waals surface area contributed by atoms with Crippen molar-refractivity contribution in [3.05, 3.63) is 12.0 Å². The van der Waals surface area contributed by atoms with E-state index in [4.69, 9.17) is 0 Å². The molecule has 1 aromatic heterocycles. The monoisotopic (exact) mass is 186 g/mol. The fraction of sp³-hybridized carbons (Fsp3) is 0.625. The summed E-state index contributed by atoms with van der Waals surface area (Å²) in [5.74, 6) is 0.752. The summed E-state index contributed by atoms with van der Waals surface area (Å²) in [6, 6.07) is 0. The van der Waals surface area contributed by atoms with Crippen LogP contribution in [0.5, 0.6) is 0 Å². The molecule has 1 aromatic rings. The minimum Gasteiger partial charge on any atom is -0.385 e. The Bertz CT molecular complexity index is 260. The number of aromatic nitrogens is 2. The fourth-order valence-corrected chi connectivity index (χ4v) is 1.49. The SMILES string of the molecule is CCC(O)c1nc(SC)cn1C. The molecule has 12 heavy (non-hydrogen) atoms. The largest absolute Gasteiger partial charge is 0.385 e. The molecule has 0 aliphatic carbocycles. The Morgan fingerprint density at radius 1 is 1.75 bits per heavy atom. The Balaban J connectivity index is 2.91. The Labute approximate surface area is 76.8 Å². The highest BCUT2D eigenvalue weighted by Gasteiger charge is 2.11. The molecule has 4 heteroatoms. The summed E-state index contributed by atoms with van der Waals surface area (Å²) in [7, 11) is 1.90. The van der Waals surface area contributed by atoms with E-state index in [1.165, 1.54) is 0 Å². The van der Waals surface area contributed by atoms with E-state index in [1.807, 2.05) is 31.0 Å². The molecule has 1 N–H and O–H groups in total. The quantitative estimate of drug-likeness (QED) is 0.728. The highest BCUT2D eigenvalue weighted by molar-refractivity contribution is 7.98. The number of nitrogens with zero attached hydrogens (tertiary/aromatic N) is 2. The molecular weight excluding hydrogens is 172 g/mol. The van der Waals surface area contributed by atoms with Gasteiger partial charge in [0.25, 0.3) is 0 Å². The van der Waals surface area contributed by atoms with Gasteiger partial charge in [-0.15, -0.1) is 11.8 Å². The third-order valence-electron chi connectivity index (χ3n) is 1.78. The van der Waals surface area contributed by atoms with Gasteiger partial charge in [0.15, 0.2) is 0 Å². The Morgan fingerprint density at radius 3 is 2.83 bits per heavy atom. The van der Waals surface area contributed by atoms with Gasteiger partial charge in [0.2, 0.25) is 0 Å². The van der Waals surface area contributed by atoms with E-state index in [0.717, 1.165) is 10.9 Å². The lowest BCUT2D eigenvalue weighted by atomic mass is 10.3. The lowest BCUT2D eigenvalue weighted by Crippen LogP contribution is -2.03. The summed E-state index contributed by atoms with van der Waals surface area (Å²) in [6.07, 6.45) is 4.18.